The van der Waals surface area contributed by atoms with E-state index in [0.29, 0.717) is 6.42 Å². The summed E-state index contributed by atoms with van der Waals surface area (Å²) in [4.78, 5) is 31.7. The minimum absolute atomic E-state index is 0.254. The number of methoxy groups -OCH3 is 1. The van der Waals surface area contributed by atoms with Gasteiger partial charge in [0.25, 0.3) is 0 Å². The predicted octanol–water partition coefficient (Wildman–Crippen LogP) is 8.47. The zero-order chi connectivity index (χ0) is 34.9. The smallest absolute Gasteiger partial charge is 0.414 e. The van der Waals surface area contributed by atoms with E-state index in [9.17, 15) is 9.59 Å². The summed E-state index contributed by atoms with van der Waals surface area (Å²) in [7, 11) is 3.37. The van der Waals surface area contributed by atoms with Crippen molar-refractivity contribution < 1.29 is 23.8 Å². The Balaban J connectivity index is 0.000000344. The van der Waals surface area contributed by atoms with Crippen LogP contribution in [-0.2, 0) is 20.7 Å². The SMILES string of the molecule is C#CC(=O)OCCc1nccc2ccccc12.CC.CCN(CC)c1ccc(N(C)C(=O)OC(C)c2cc(OC)ccc2C)c(C)c1. The molecule has 0 aliphatic carbocycles. The fraction of sp³-hybridized carbons (Fsp3) is 0.359. The number of nitrogens with zero attached hydrogens (tertiary/aromatic N) is 3. The van der Waals surface area contributed by atoms with Crippen molar-refractivity contribution in [3.8, 4) is 18.1 Å². The molecule has 1 heterocycles. The van der Waals surface area contributed by atoms with Crippen LogP contribution in [0.2, 0.25) is 0 Å². The lowest BCUT2D eigenvalue weighted by Gasteiger charge is -2.25. The molecule has 3 aromatic carbocycles. The highest BCUT2D eigenvalue weighted by atomic mass is 16.6. The van der Waals surface area contributed by atoms with Gasteiger partial charge in [-0.25, -0.2) is 9.59 Å². The molecule has 0 aliphatic rings. The van der Waals surface area contributed by atoms with Gasteiger partial charge < -0.3 is 19.1 Å². The monoisotopic (exact) mass is 639 g/mol. The van der Waals surface area contributed by atoms with Crippen molar-refractivity contribution in [2.45, 2.75) is 61.0 Å². The highest BCUT2D eigenvalue weighted by Gasteiger charge is 2.20. The maximum absolute atomic E-state index is 12.7. The number of amides is 1. The number of rotatable bonds is 10. The van der Waals surface area contributed by atoms with Gasteiger partial charge in [0.2, 0.25) is 0 Å². The third-order valence-electron chi connectivity index (χ3n) is 7.59. The molecule has 0 N–H and O–H groups in total. The summed E-state index contributed by atoms with van der Waals surface area (Å²) < 4.78 is 15.8. The van der Waals surface area contributed by atoms with Crippen LogP contribution in [0.3, 0.4) is 0 Å². The first-order chi connectivity index (χ1) is 22.6. The van der Waals surface area contributed by atoms with Gasteiger partial charge in [-0.1, -0.05) is 44.2 Å². The van der Waals surface area contributed by atoms with Crippen LogP contribution in [-0.4, -0.2) is 50.9 Å². The number of terminal acetylenes is 1. The number of fused-ring (bicyclic) bond motifs is 1. The third kappa shape index (κ3) is 10.8. The summed E-state index contributed by atoms with van der Waals surface area (Å²) in [6.07, 6.45) is 6.46. The molecular formula is C39H49N3O5. The van der Waals surface area contributed by atoms with Crippen LogP contribution in [0.25, 0.3) is 10.8 Å². The van der Waals surface area contributed by atoms with E-state index in [1.807, 2.05) is 95.1 Å². The van der Waals surface area contributed by atoms with E-state index in [1.54, 1.807) is 25.3 Å². The second kappa shape index (κ2) is 19.5. The average molecular weight is 640 g/mol. The standard InChI is InChI=1S/C23H32N2O3.C14H11NO2.C2H6/c1-8-25(9-2)19-11-13-22(17(4)14-19)24(6)23(26)28-18(5)21-15-20(27-7)12-10-16(21)3;1-2-14(16)17-10-8-13-12-6-4-3-5-11(12)7-9-15-13;1-2/h10-15,18H,8-9H2,1-7H3;1,3-7,9H,8,10H2;1-2H3. The van der Waals surface area contributed by atoms with Gasteiger partial charge in [0.15, 0.2) is 0 Å². The van der Waals surface area contributed by atoms with Gasteiger partial charge in [-0.2, -0.15) is 0 Å². The normalized spacial score (nSPS) is 10.6. The fourth-order valence-corrected chi connectivity index (χ4v) is 5.04. The number of ether oxygens (including phenoxy) is 3. The second-order valence-electron chi connectivity index (χ2n) is 10.5. The average Bonchev–Trinajstić information content (AvgIpc) is 3.10. The lowest BCUT2D eigenvalue weighted by molar-refractivity contribution is -0.136. The maximum Gasteiger partial charge on any atom is 0.414 e. The zero-order valence-electron chi connectivity index (χ0n) is 29.3. The summed E-state index contributed by atoms with van der Waals surface area (Å²) in [5.74, 6) is 2.02. The van der Waals surface area contributed by atoms with E-state index in [0.717, 1.165) is 63.4 Å². The first-order valence-corrected chi connectivity index (χ1v) is 16.0. The molecule has 1 amide bonds. The molecule has 0 spiro atoms. The Hall–Kier alpha value is -5.03. The first kappa shape index (κ1) is 38.2. The van der Waals surface area contributed by atoms with E-state index in [2.05, 4.69) is 35.9 Å². The molecule has 8 nitrogen and oxygen atoms in total. The molecule has 0 saturated carbocycles. The molecule has 0 fully saturated rings. The largest absolute Gasteiger partial charge is 0.497 e. The number of carbonyl (C=O) groups excluding carboxylic acids is 2. The minimum Gasteiger partial charge on any atom is -0.497 e. The van der Waals surface area contributed by atoms with Gasteiger partial charge in [-0.3, -0.25) is 9.88 Å². The molecule has 1 atom stereocenters. The number of hydrogen-bond acceptors (Lipinski definition) is 7. The van der Waals surface area contributed by atoms with Crippen LogP contribution < -0.4 is 14.5 Å². The molecule has 1 aromatic heterocycles. The molecule has 0 bridgehead atoms. The fourth-order valence-electron chi connectivity index (χ4n) is 5.04. The van der Waals surface area contributed by atoms with Gasteiger partial charge >= 0.3 is 12.1 Å². The molecular weight excluding hydrogens is 590 g/mol. The van der Waals surface area contributed by atoms with Crippen molar-refractivity contribution in [1.82, 2.24) is 4.98 Å². The third-order valence-corrected chi connectivity index (χ3v) is 7.59. The maximum atomic E-state index is 12.7. The molecule has 1 unspecified atom stereocenters. The lowest BCUT2D eigenvalue weighted by Crippen LogP contribution is -2.29. The van der Waals surface area contributed by atoms with Crippen molar-refractivity contribution in [3.63, 3.8) is 0 Å². The molecule has 4 rings (SSSR count). The first-order valence-electron chi connectivity index (χ1n) is 16.0. The summed E-state index contributed by atoms with van der Waals surface area (Å²) in [6, 6.07) is 21.8. The molecule has 0 saturated heterocycles. The van der Waals surface area contributed by atoms with Crippen LogP contribution >= 0.6 is 0 Å². The van der Waals surface area contributed by atoms with Crippen molar-refractivity contribution >= 4 is 34.2 Å². The van der Waals surface area contributed by atoms with Crippen LogP contribution in [0.5, 0.6) is 5.75 Å². The number of aryl methyl sites for hydroxylation is 2. The van der Waals surface area contributed by atoms with Crippen molar-refractivity contribution in [2.75, 3.05) is 43.7 Å². The number of aromatic nitrogens is 1. The summed E-state index contributed by atoms with van der Waals surface area (Å²) >= 11 is 0. The van der Waals surface area contributed by atoms with Gasteiger partial charge in [0.05, 0.1) is 19.4 Å². The lowest BCUT2D eigenvalue weighted by atomic mass is 10.0. The topological polar surface area (TPSA) is 81.2 Å². The molecule has 250 valence electrons. The van der Waals surface area contributed by atoms with E-state index in [-0.39, 0.29) is 18.8 Å². The van der Waals surface area contributed by atoms with E-state index in [1.165, 1.54) is 0 Å². The van der Waals surface area contributed by atoms with Gasteiger partial charge in [0.1, 0.15) is 11.9 Å². The molecule has 0 aliphatic heterocycles. The minimum atomic E-state index is -0.634. The zero-order valence-corrected chi connectivity index (χ0v) is 29.3. The summed E-state index contributed by atoms with van der Waals surface area (Å²) in [5, 5.41) is 2.20. The van der Waals surface area contributed by atoms with Crippen LogP contribution in [0.4, 0.5) is 16.2 Å². The Morgan fingerprint density at radius 1 is 0.957 bits per heavy atom. The quantitative estimate of drug-likeness (QED) is 0.0978. The number of pyridine rings is 1. The highest BCUT2D eigenvalue weighted by molar-refractivity contribution is 5.89. The Labute approximate surface area is 280 Å². The Morgan fingerprint density at radius 3 is 2.30 bits per heavy atom. The predicted molar refractivity (Wildman–Crippen MR) is 192 cm³/mol. The van der Waals surface area contributed by atoms with Gasteiger partial charge in [-0.05, 0) is 93.1 Å². The molecule has 8 heteroatoms. The van der Waals surface area contributed by atoms with Gasteiger partial charge in [-0.15, -0.1) is 6.42 Å². The number of anilines is 2. The van der Waals surface area contributed by atoms with E-state index >= 15 is 0 Å². The molecule has 47 heavy (non-hydrogen) atoms. The number of benzene rings is 3. The van der Waals surface area contributed by atoms with E-state index < -0.39 is 5.97 Å². The number of hydrogen-bond donors (Lipinski definition) is 0. The number of esters is 1. The second-order valence-corrected chi connectivity index (χ2v) is 10.5. The number of carbonyl (C=O) groups is 2. The molecule has 4 aromatic rings. The highest BCUT2D eigenvalue weighted by Crippen LogP contribution is 2.29. The Kier molecular flexibility index (Phi) is 15.8. The van der Waals surface area contributed by atoms with Crippen LogP contribution in [0, 0.1) is 26.2 Å². The van der Waals surface area contributed by atoms with E-state index in [4.69, 9.17) is 20.6 Å². The Morgan fingerprint density at radius 2 is 1.66 bits per heavy atom. The Bertz CT molecular complexity index is 1640. The molecule has 0 radical (unpaired) electrons. The van der Waals surface area contributed by atoms with Crippen LogP contribution in [0.1, 0.15) is 63.1 Å². The van der Waals surface area contributed by atoms with Crippen molar-refractivity contribution in [2.24, 2.45) is 0 Å². The van der Waals surface area contributed by atoms with Crippen molar-refractivity contribution in [1.29, 1.82) is 0 Å². The van der Waals surface area contributed by atoms with Gasteiger partial charge in [0, 0.05) is 55.4 Å². The van der Waals surface area contributed by atoms with Crippen molar-refractivity contribution in [3.05, 3.63) is 95.3 Å². The summed E-state index contributed by atoms with van der Waals surface area (Å²) in [5.41, 5.74) is 5.95. The van der Waals surface area contributed by atoms with Crippen LogP contribution in [0.15, 0.2) is 72.9 Å². The summed E-state index contributed by atoms with van der Waals surface area (Å²) in [6.45, 7) is 16.3.